The minimum Gasteiger partial charge on any atom is -0.480 e. The Morgan fingerprint density at radius 1 is 1.42 bits per heavy atom. The third-order valence-electron chi connectivity index (χ3n) is 2.58. The van der Waals surface area contributed by atoms with Crippen molar-refractivity contribution in [2.45, 2.75) is 0 Å². The molecule has 0 bridgehead atoms. The van der Waals surface area contributed by atoms with Gasteiger partial charge in [0.15, 0.2) is 0 Å². The van der Waals surface area contributed by atoms with E-state index in [4.69, 9.17) is 10.4 Å². The number of carboxylic acids is 1. The van der Waals surface area contributed by atoms with E-state index in [2.05, 4.69) is 22.0 Å². The fourth-order valence-electron chi connectivity index (χ4n) is 1.57. The Balaban J connectivity index is 2.93. The zero-order chi connectivity index (χ0) is 14.4. The van der Waals surface area contributed by atoms with E-state index in [1.165, 1.54) is 0 Å². The first-order chi connectivity index (χ1) is 8.93. The summed E-state index contributed by atoms with van der Waals surface area (Å²) in [5, 5.41) is 17.8. The van der Waals surface area contributed by atoms with Gasteiger partial charge in [0.2, 0.25) is 0 Å². The lowest BCUT2D eigenvalue weighted by molar-refractivity contribution is -0.135. The molecule has 0 aliphatic carbocycles. The highest BCUT2D eigenvalue weighted by Crippen LogP contribution is 2.23. The van der Waals surface area contributed by atoms with Gasteiger partial charge in [-0.05, 0) is 48.2 Å². The molecule has 1 N–H and O–H groups in total. The molecule has 1 aromatic rings. The zero-order valence-electron chi connectivity index (χ0n) is 10.9. The second-order valence-corrected chi connectivity index (χ2v) is 5.25. The molecular formula is C13H16BrN3O2. The molecule has 0 amide bonds. The topological polar surface area (TPSA) is 67.6 Å². The third kappa shape index (κ3) is 4.89. The van der Waals surface area contributed by atoms with E-state index in [0.29, 0.717) is 16.6 Å². The molecule has 0 saturated heterocycles. The molecule has 0 heterocycles. The van der Waals surface area contributed by atoms with Crippen LogP contribution in [0.25, 0.3) is 0 Å². The molecule has 5 nitrogen and oxygen atoms in total. The predicted octanol–water partition coefficient (Wildman–Crippen LogP) is 1.77. The van der Waals surface area contributed by atoms with Gasteiger partial charge < -0.3 is 14.9 Å². The summed E-state index contributed by atoms with van der Waals surface area (Å²) in [5.74, 6) is -0.876. The Bertz CT molecular complexity index is 497. The maximum atomic E-state index is 10.9. The number of anilines is 1. The molecule has 19 heavy (non-hydrogen) atoms. The molecule has 0 aliphatic rings. The largest absolute Gasteiger partial charge is 0.480 e. The Labute approximate surface area is 121 Å². The number of carboxylic acid groups (broad SMARTS) is 1. The summed E-state index contributed by atoms with van der Waals surface area (Å²) in [6, 6.07) is 7.29. The number of halogens is 1. The van der Waals surface area contributed by atoms with Crippen LogP contribution in [0, 0.1) is 11.3 Å². The van der Waals surface area contributed by atoms with Gasteiger partial charge in [-0.25, -0.2) is 0 Å². The van der Waals surface area contributed by atoms with Gasteiger partial charge >= 0.3 is 5.97 Å². The summed E-state index contributed by atoms with van der Waals surface area (Å²) < 4.78 is 0.674. The summed E-state index contributed by atoms with van der Waals surface area (Å²) in [6.45, 7) is 1.30. The van der Waals surface area contributed by atoms with Crippen molar-refractivity contribution in [3.05, 3.63) is 28.2 Å². The molecule has 0 unspecified atom stereocenters. The summed E-state index contributed by atoms with van der Waals surface area (Å²) in [6.07, 6.45) is 0. The van der Waals surface area contributed by atoms with E-state index in [9.17, 15) is 4.79 Å². The number of hydrogen-bond donors (Lipinski definition) is 1. The minimum atomic E-state index is -0.876. The molecule has 0 spiro atoms. The number of nitrogens with zero attached hydrogens (tertiary/aromatic N) is 3. The Morgan fingerprint density at radius 3 is 2.58 bits per heavy atom. The quantitative estimate of drug-likeness (QED) is 0.863. The number of benzene rings is 1. The normalized spacial score (nSPS) is 10.3. The first kappa shape index (κ1) is 15.5. The highest BCUT2D eigenvalue weighted by molar-refractivity contribution is 9.10. The van der Waals surface area contributed by atoms with Gasteiger partial charge in [-0.15, -0.1) is 0 Å². The van der Waals surface area contributed by atoms with Gasteiger partial charge in [0.25, 0.3) is 0 Å². The lowest BCUT2D eigenvalue weighted by Gasteiger charge is -2.25. The monoisotopic (exact) mass is 325 g/mol. The average molecular weight is 326 g/mol. The first-order valence-corrected chi connectivity index (χ1v) is 6.54. The maximum Gasteiger partial charge on any atom is 0.323 e. The SMILES string of the molecule is CN(C)CCN(CC(=O)O)c1ccc(C#N)c(Br)c1. The van der Waals surface area contributed by atoms with Crippen molar-refractivity contribution in [3.8, 4) is 6.07 Å². The number of likely N-dealkylation sites (N-methyl/N-ethyl adjacent to an activating group) is 1. The van der Waals surface area contributed by atoms with Crippen LogP contribution in [0.1, 0.15) is 5.56 Å². The van der Waals surface area contributed by atoms with E-state index >= 15 is 0 Å². The van der Waals surface area contributed by atoms with Crippen LogP contribution in [0.5, 0.6) is 0 Å². The van der Waals surface area contributed by atoms with Gasteiger partial charge in [-0.2, -0.15) is 5.26 Å². The van der Waals surface area contributed by atoms with Gasteiger partial charge in [0.05, 0.1) is 5.56 Å². The predicted molar refractivity (Wildman–Crippen MR) is 77.3 cm³/mol. The standard InChI is InChI=1S/C13H16BrN3O2/c1-16(2)5-6-17(9-13(18)19)11-4-3-10(8-15)12(14)7-11/h3-4,7H,5-6,9H2,1-2H3,(H,18,19). The number of aliphatic carboxylic acids is 1. The molecule has 6 heteroatoms. The zero-order valence-corrected chi connectivity index (χ0v) is 12.5. The number of nitriles is 1. The Morgan fingerprint density at radius 2 is 2.11 bits per heavy atom. The van der Waals surface area contributed by atoms with Crippen LogP contribution in [0.2, 0.25) is 0 Å². The second kappa shape index (κ2) is 7.12. The van der Waals surface area contributed by atoms with E-state index < -0.39 is 5.97 Å². The van der Waals surface area contributed by atoms with Crippen LogP contribution in [0.4, 0.5) is 5.69 Å². The van der Waals surface area contributed by atoms with Crippen LogP contribution in [-0.2, 0) is 4.79 Å². The molecule has 0 saturated carbocycles. The molecular weight excluding hydrogens is 310 g/mol. The molecule has 1 rings (SSSR count). The van der Waals surface area contributed by atoms with E-state index in [0.717, 1.165) is 12.2 Å². The second-order valence-electron chi connectivity index (χ2n) is 4.39. The van der Waals surface area contributed by atoms with E-state index in [1.807, 2.05) is 19.0 Å². The summed E-state index contributed by atoms with van der Waals surface area (Å²) >= 11 is 3.31. The number of carbonyl (C=O) groups is 1. The Kier molecular flexibility index (Phi) is 5.80. The number of rotatable bonds is 6. The van der Waals surface area contributed by atoms with Crippen molar-refractivity contribution in [2.24, 2.45) is 0 Å². The molecule has 0 atom stereocenters. The van der Waals surface area contributed by atoms with Crippen LogP contribution in [-0.4, -0.2) is 49.7 Å². The van der Waals surface area contributed by atoms with Crippen molar-refractivity contribution in [1.29, 1.82) is 5.26 Å². The van der Waals surface area contributed by atoms with Crippen molar-refractivity contribution in [1.82, 2.24) is 4.90 Å². The molecule has 0 fully saturated rings. The van der Waals surface area contributed by atoms with Crippen LogP contribution < -0.4 is 4.90 Å². The summed E-state index contributed by atoms with van der Waals surface area (Å²) in [4.78, 5) is 14.7. The lowest BCUT2D eigenvalue weighted by Crippen LogP contribution is -2.35. The fraction of sp³-hybridized carbons (Fsp3) is 0.385. The molecule has 0 aromatic heterocycles. The Hall–Kier alpha value is -1.58. The van der Waals surface area contributed by atoms with Crippen molar-refractivity contribution in [3.63, 3.8) is 0 Å². The maximum absolute atomic E-state index is 10.9. The summed E-state index contributed by atoms with van der Waals surface area (Å²) in [5.41, 5.74) is 1.32. The summed E-state index contributed by atoms with van der Waals surface area (Å²) in [7, 11) is 3.88. The molecule has 1 aromatic carbocycles. The molecule has 102 valence electrons. The smallest absolute Gasteiger partial charge is 0.323 e. The lowest BCUT2D eigenvalue weighted by atomic mass is 10.2. The van der Waals surface area contributed by atoms with Crippen molar-refractivity contribution < 1.29 is 9.90 Å². The fourth-order valence-corrected chi connectivity index (χ4v) is 2.03. The van der Waals surface area contributed by atoms with Gasteiger partial charge in [0, 0.05) is 23.2 Å². The third-order valence-corrected chi connectivity index (χ3v) is 3.24. The van der Waals surface area contributed by atoms with Crippen LogP contribution >= 0.6 is 15.9 Å². The van der Waals surface area contributed by atoms with E-state index in [-0.39, 0.29) is 6.54 Å². The van der Waals surface area contributed by atoms with E-state index in [1.54, 1.807) is 23.1 Å². The molecule has 0 radical (unpaired) electrons. The number of hydrogen-bond acceptors (Lipinski definition) is 4. The van der Waals surface area contributed by atoms with Crippen LogP contribution in [0.15, 0.2) is 22.7 Å². The first-order valence-electron chi connectivity index (χ1n) is 5.75. The molecule has 0 aliphatic heterocycles. The van der Waals surface area contributed by atoms with Crippen molar-refractivity contribution >= 4 is 27.6 Å². The van der Waals surface area contributed by atoms with Crippen LogP contribution in [0.3, 0.4) is 0 Å². The highest BCUT2D eigenvalue weighted by atomic mass is 79.9. The highest BCUT2D eigenvalue weighted by Gasteiger charge is 2.12. The minimum absolute atomic E-state index is 0.0633. The average Bonchev–Trinajstić information content (AvgIpc) is 2.33. The van der Waals surface area contributed by atoms with Gasteiger partial charge in [0.1, 0.15) is 12.6 Å². The van der Waals surface area contributed by atoms with Crippen molar-refractivity contribution in [2.75, 3.05) is 38.6 Å². The van der Waals surface area contributed by atoms with Gasteiger partial charge in [-0.1, -0.05) is 0 Å². The van der Waals surface area contributed by atoms with Gasteiger partial charge in [-0.3, -0.25) is 4.79 Å².